The van der Waals surface area contributed by atoms with Crippen molar-refractivity contribution < 1.29 is 4.74 Å². The number of rotatable bonds is 5. The topological polar surface area (TPSA) is 15.7 Å². The van der Waals surface area contributed by atoms with E-state index in [4.69, 9.17) is 4.74 Å². The van der Waals surface area contributed by atoms with Gasteiger partial charge in [0, 0.05) is 43.8 Å². The average molecular weight is 336 g/mol. The van der Waals surface area contributed by atoms with Gasteiger partial charge in [0.2, 0.25) is 0 Å². The second-order valence-electron chi connectivity index (χ2n) is 7.19. The number of fused-ring (bicyclic) bond motifs is 1. The van der Waals surface area contributed by atoms with Gasteiger partial charge in [-0.05, 0) is 23.6 Å². The van der Waals surface area contributed by atoms with Gasteiger partial charge in [-0.1, -0.05) is 55.5 Å². The molecule has 2 aromatic rings. The summed E-state index contributed by atoms with van der Waals surface area (Å²) in [5.41, 5.74) is 4.47. The first-order valence-electron chi connectivity index (χ1n) is 9.53. The first kappa shape index (κ1) is 16.6. The lowest BCUT2D eigenvalue weighted by molar-refractivity contribution is 0.0391. The standard InChI is InChI=1S/C22H28N2O/c1-2-22(19-8-4-3-5-9-19)18-24(21-11-7-6-10-20(21)22)13-12-23-14-16-25-17-15-23/h3-11H,2,12-18H2,1H3. The minimum absolute atomic E-state index is 0.114. The molecule has 0 radical (unpaired) electrons. The highest BCUT2D eigenvalue weighted by atomic mass is 16.5. The van der Waals surface area contributed by atoms with Crippen LogP contribution < -0.4 is 4.90 Å². The fourth-order valence-electron chi connectivity index (χ4n) is 4.45. The molecule has 2 aromatic carbocycles. The Labute approximate surface area is 151 Å². The predicted molar refractivity (Wildman–Crippen MR) is 103 cm³/mol. The summed E-state index contributed by atoms with van der Waals surface area (Å²) in [6.07, 6.45) is 1.13. The summed E-state index contributed by atoms with van der Waals surface area (Å²) in [6.45, 7) is 9.49. The van der Waals surface area contributed by atoms with Crippen molar-refractivity contribution in [1.82, 2.24) is 4.90 Å². The van der Waals surface area contributed by atoms with Crippen molar-refractivity contribution in [2.24, 2.45) is 0 Å². The Balaban J connectivity index is 1.60. The molecule has 2 heterocycles. The Morgan fingerprint density at radius 1 is 0.920 bits per heavy atom. The highest BCUT2D eigenvalue weighted by Crippen LogP contribution is 2.46. The van der Waals surface area contributed by atoms with Crippen LogP contribution in [0.2, 0.25) is 0 Å². The van der Waals surface area contributed by atoms with Crippen LogP contribution in [0.1, 0.15) is 24.5 Å². The second kappa shape index (κ2) is 7.19. The molecule has 3 heteroatoms. The number of anilines is 1. The van der Waals surface area contributed by atoms with Gasteiger partial charge >= 0.3 is 0 Å². The molecule has 0 aromatic heterocycles. The van der Waals surface area contributed by atoms with Crippen molar-refractivity contribution in [3.8, 4) is 0 Å². The van der Waals surface area contributed by atoms with Crippen molar-refractivity contribution in [3.05, 3.63) is 65.7 Å². The van der Waals surface area contributed by atoms with Crippen LogP contribution in [-0.4, -0.2) is 50.8 Å². The molecule has 0 N–H and O–H groups in total. The molecule has 1 unspecified atom stereocenters. The number of benzene rings is 2. The molecule has 4 rings (SSSR count). The van der Waals surface area contributed by atoms with E-state index < -0.39 is 0 Å². The van der Waals surface area contributed by atoms with Crippen molar-refractivity contribution in [2.45, 2.75) is 18.8 Å². The molecule has 0 saturated carbocycles. The normalized spacial score (nSPS) is 23.6. The lowest BCUT2D eigenvalue weighted by Crippen LogP contribution is -2.42. The molecule has 0 aliphatic carbocycles. The zero-order chi connectivity index (χ0) is 17.1. The Morgan fingerprint density at radius 2 is 1.64 bits per heavy atom. The smallest absolute Gasteiger partial charge is 0.0594 e. The van der Waals surface area contributed by atoms with Crippen LogP contribution in [0.5, 0.6) is 0 Å². The fraction of sp³-hybridized carbons (Fsp3) is 0.455. The van der Waals surface area contributed by atoms with Crippen LogP contribution in [-0.2, 0) is 10.2 Å². The molecule has 1 atom stereocenters. The third kappa shape index (κ3) is 3.07. The minimum atomic E-state index is 0.114. The van der Waals surface area contributed by atoms with Gasteiger partial charge < -0.3 is 9.64 Å². The number of nitrogens with zero attached hydrogens (tertiary/aromatic N) is 2. The summed E-state index contributed by atoms with van der Waals surface area (Å²) < 4.78 is 5.48. The maximum absolute atomic E-state index is 5.48. The fourth-order valence-corrected chi connectivity index (χ4v) is 4.45. The third-order valence-corrected chi connectivity index (χ3v) is 5.94. The van der Waals surface area contributed by atoms with E-state index in [1.54, 1.807) is 0 Å². The van der Waals surface area contributed by atoms with Crippen LogP contribution in [0, 0.1) is 0 Å². The molecular weight excluding hydrogens is 308 g/mol. The van der Waals surface area contributed by atoms with Crippen LogP contribution in [0.15, 0.2) is 54.6 Å². The van der Waals surface area contributed by atoms with Crippen molar-refractivity contribution >= 4 is 5.69 Å². The maximum Gasteiger partial charge on any atom is 0.0594 e. The molecule has 0 spiro atoms. The van der Waals surface area contributed by atoms with E-state index in [0.717, 1.165) is 52.4 Å². The Morgan fingerprint density at radius 3 is 2.40 bits per heavy atom. The maximum atomic E-state index is 5.48. The number of morpholine rings is 1. The molecule has 0 amide bonds. The number of hydrogen-bond acceptors (Lipinski definition) is 3. The summed E-state index contributed by atoms with van der Waals surface area (Å²) in [5.74, 6) is 0. The van der Waals surface area contributed by atoms with Gasteiger partial charge in [0.05, 0.1) is 13.2 Å². The second-order valence-corrected chi connectivity index (χ2v) is 7.19. The van der Waals surface area contributed by atoms with Gasteiger partial charge in [0.1, 0.15) is 0 Å². The predicted octanol–water partition coefficient (Wildman–Crippen LogP) is 3.53. The van der Waals surface area contributed by atoms with Gasteiger partial charge in [-0.3, -0.25) is 4.90 Å². The monoisotopic (exact) mass is 336 g/mol. The van der Waals surface area contributed by atoms with Crippen LogP contribution >= 0.6 is 0 Å². The molecule has 0 bridgehead atoms. The van der Waals surface area contributed by atoms with Crippen LogP contribution in [0.4, 0.5) is 5.69 Å². The third-order valence-electron chi connectivity index (χ3n) is 5.94. The van der Waals surface area contributed by atoms with E-state index >= 15 is 0 Å². The van der Waals surface area contributed by atoms with E-state index in [1.165, 1.54) is 16.8 Å². The SMILES string of the molecule is CCC1(c2ccccc2)CN(CCN2CCOCC2)c2ccccc21. The summed E-state index contributed by atoms with van der Waals surface area (Å²) in [7, 11) is 0. The Kier molecular flexibility index (Phi) is 4.78. The summed E-state index contributed by atoms with van der Waals surface area (Å²) in [4.78, 5) is 5.13. The molecule has 2 aliphatic heterocycles. The zero-order valence-corrected chi connectivity index (χ0v) is 15.2. The van der Waals surface area contributed by atoms with E-state index in [0.29, 0.717) is 0 Å². The van der Waals surface area contributed by atoms with E-state index in [1.807, 2.05) is 0 Å². The Hall–Kier alpha value is -1.84. The van der Waals surface area contributed by atoms with Crippen molar-refractivity contribution in [1.29, 1.82) is 0 Å². The summed E-state index contributed by atoms with van der Waals surface area (Å²) in [6, 6.07) is 20.1. The first-order valence-corrected chi connectivity index (χ1v) is 9.53. The highest BCUT2D eigenvalue weighted by Gasteiger charge is 2.42. The van der Waals surface area contributed by atoms with Gasteiger partial charge in [-0.15, -0.1) is 0 Å². The lowest BCUT2D eigenvalue weighted by atomic mass is 9.74. The number of para-hydroxylation sites is 1. The molecule has 25 heavy (non-hydrogen) atoms. The lowest BCUT2D eigenvalue weighted by Gasteiger charge is -2.32. The number of hydrogen-bond donors (Lipinski definition) is 0. The first-order chi connectivity index (χ1) is 12.3. The molecule has 132 valence electrons. The van der Waals surface area contributed by atoms with Crippen molar-refractivity contribution in [2.75, 3.05) is 50.8 Å². The molecule has 1 saturated heterocycles. The average Bonchev–Trinajstić information content (AvgIpc) is 3.03. The van der Waals surface area contributed by atoms with Gasteiger partial charge in [-0.25, -0.2) is 0 Å². The molecule has 2 aliphatic rings. The van der Waals surface area contributed by atoms with Crippen LogP contribution in [0.3, 0.4) is 0 Å². The van der Waals surface area contributed by atoms with Crippen LogP contribution in [0.25, 0.3) is 0 Å². The molecular formula is C22H28N2O. The zero-order valence-electron chi connectivity index (χ0n) is 15.2. The molecule has 3 nitrogen and oxygen atoms in total. The largest absolute Gasteiger partial charge is 0.379 e. The summed E-state index contributed by atoms with van der Waals surface area (Å²) >= 11 is 0. The van der Waals surface area contributed by atoms with E-state index in [2.05, 4.69) is 71.3 Å². The van der Waals surface area contributed by atoms with Crippen molar-refractivity contribution in [3.63, 3.8) is 0 Å². The van der Waals surface area contributed by atoms with E-state index in [-0.39, 0.29) is 5.41 Å². The minimum Gasteiger partial charge on any atom is -0.379 e. The van der Waals surface area contributed by atoms with E-state index in [9.17, 15) is 0 Å². The van der Waals surface area contributed by atoms with Gasteiger partial charge in [0.25, 0.3) is 0 Å². The van der Waals surface area contributed by atoms with Gasteiger partial charge in [-0.2, -0.15) is 0 Å². The number of ether oxygens (including phenoxy) is 1. The molecule has 1 fully saturated rings. The Bertz CT molecular complexity index is 696. The quantitative estimate of drug-likeness (QED) is 0.831. The summed E-state index contributed by atoms with van der Waals surface area (Å²) in [5, 5.41) is 0. The van der Waals surface area contributed by atoms with Gasteiger partial charge in [0.15, 0.2) is 0 Å². The highest BCUT2D eigenvalue weighted by molar-refractivity contribution is 5.66.